The van der Waals surface area contributed by atoms with Gasteiger partial charge in [-0.2, -0.15) is 0 Å². The van der Waals surface area contributed by atoms with Crippen LogP contribution in [0.4, 0.5) is 5.69 Å². The molecule has 112 valence electrons. The molecule has 0 saturated carbocycles. The Morgan fingerprint density at radius 2 is 1.85 bits per heavy atom. The van der Waals surface area contributed by atoms with Crippen molar-refractivity contribution < 1.29 is 9.53 Å². The van der Waals surface area contributed by atoms with Crippen LogP contribution in [0.5, 0.6) is 5.75 Å². The number of hydrogen-bond donors (Lipinski definition) is 2. The number of hydrogen-bond acceptors (Lipinski definition) is 4. The number of likely N-dealkylation sites (N-methyl/N-ethyl adjacent to an activating group) is 1. The largest absolute Gasteiger partial charge is 0.497 e. The van der Waals surface area contributed by atoms with E-state index in [4.69, 9.17) is 4.74 Å². The fraction of sp³-hybridized carbons (Fsp3) is 0.533. The van der Waals surface area contributed by atoms with E-state index in [0.29, 0.717) is 6.54 Å². The first-order valence-electron chi connectivity index (χ1n) is 7.06. The van der Waals surface area contributed by atoms with E-state index < -0.39 is 0 Å². The molecule has 0 aliphatic rings. The molecule has 2 N–H and O–H groups in total. The Bertz CT molecular complexity index is 389. The minimum Gasteiger partial charge on any atom is -0.497 e. The Hall–Kier alpha value is -1.59. The van der Waals surface area contributed by atoms with Crippen LogP contribution in [-0.2, 0) is 4.79 Å². The van der Waals surface area contributed by atoms with Crippen molar-refractivity contribution in [3.05, 3.63) is 24.3 Å². The highest BCUT2D eigenvalue weighted by Crippen LogP contribution is 2.14. The quantitative estimate of drug-likeness (QED) is 0.674. The third-order valence-electron chi connectivity index (χ3n) is 3.16. The number of methoxy groups -OCH3 is 1. The molecular weight excluding hydrogens is 254 g/mol. The summed E-state index contributed by atoms with van der Waals surface area (Å²) in [6.07, 6.45) is 0. The summed E-state index contributed by atoms with van der Waals surface area (Å²) in [7, 11) is 1.62. The number of amides is 1. The summed E-state index contributed by atoms with van der Waals surface area (Å²) in [6, 6.07) is 7.30. The molecule has 1 rings (SSSR count). The van der Waals surface area contributed by atoms with Crippen molar-refractivity contribution in [1.29, 1.82) is 0 Å². The summed E-state index contributed by atoms with van der Waals surface area (Å²) < 4.78 is 5.07. The van der Waals surface area contributed by atoms with Crippen LogP contribution in [0.15, 0.2) is 24.3 Å². The molecule has 0 radical (unpaired) electrons. The summed E-state index contributed by atoms with van der Waals surface area (Å²) in [5, 5.41) is 5.99. The minimum atomic E-state index is -0.0327. The summed E-state index contributed by atoms with van der Waals surface area (Å²) in [6.45, 7) is 8.46. The zero-order valence-electron chi connectivity index (χ0n) is 12.6. The fourth-order valence-corrected chi connectivity index (χ4v) is 1.86. The van der Waals surface area contributed by atoms with Gasteiger partial charge in [0.2, 0.25) is 5.91 Å². The second-order valence-corrected chi connectivity index (χ2v) is 4.48. The molecule has 0 aromatic heterocycles. The molecule has 1 amide bonds. The first-order valence-corrected chi connectivity index (χ1v) is 7.06. The maximum absolute atomic E-state index is 11.7. The predicted molar refractivity (Wildman–Crippen MR) is 82.3 cm³/mol. The van der Waals surface area contributed by atoms with Gasteiger partial charge in [0.1, 0.15) is 5.75 Å². The predicted octanol–water partition coefficient (Wildman–Crippen LogP) is 1.57. The average molecular weight is 279 g/mol. The zero-order valence-corrected chi connectivity index (χ0v) is 12.6. The van der Waals surface area contributed by atoms with Crippen molar-refractivity contribution in [2.24, 2.45) is 0 Å². The zero-order chi connectivity index (χ0) is 14.8. The van der Waals surface area contributed by atoms with Gasteiger partial charge in [0, 0.05) is 18.8 Å². The molecule has 0 aliphatic carbocycles. The molecule has 5 heteroatoms. The molecular formula is C15H25N3O2. The number of benzene rings is 1. The Morgan fingerprint density at radius 3 is 2.40 bits per heavy atom. The van der Waals surface area contributed by atoms with Gasteiger partial charge in [-0.15, -0.1) is 0 Å². The Labute approximate surface area is 121 Å². The van der Waals surface area contributed by atoms with E-state index in [1.54, 1.807) is 7.11 Å². The van der Waals surface area contributed by atoms with Gasteiger partial charge < -0.3 is 20.3 Å². The number of nitrogens with one attached hydrogen (secondary N) is 2. The van der Waals surface area contributed by atoms with Crippen LogP contribution in [0.3, 0.4) is 0 Å². The van der Waals surface area contributed by atoms with E-state index in [1.807, 2.05) is 24.3 Å². The second kappa shape index (κ2) is 9.34. The van der Waals surface area contributed by atoms with E-state index in [9.17, 15) is 4.79 Å². The van der Waals surface area contributed by atoms with Gasteiger partial charge in [-0.3, -0.25) is 4.79 Å². The molecule has 1 aromatic rings. The molecule has 0 spiro atoms. The Morgan fingerprint density at radius 1 is 1.20 bits per heavy atom. The maximum atomic E-state index is 11.7. The smallest absolute Gasteiger partial charge is 0.238 e. The first kappa shape index (κ1) is 16.5. The van der Waals surface area contributed by atoms with Crippen LogP contribution in [0.25, 0.3) is 0 Å². The van der Waals surface area contributed by atoms with E-state index >= 15 is 0 Å². The lowest BCUT2D eigenvalue weighted by Crippen LogP contribution is -2.35. The van der Waals surface area contributed by atoms with Crippen molar-refractivity contribution in [1.82, 2.24) is 10.2 Å². The van der Waals surface area contributed by atoms with Gasteiger partial charge in [-0.25, -0.2) is 0 Å². The third-order valence-corrected chi connectivity index (χ3v) is 3.16. The SMILES string of the molecule is CCN(CC)CCNCC(=O)Nc1ccc(OC)cc1. The molecule has 5 nitrogen and oxygen atoms in total. The highest BCUT2D eigenvalue weighted by Gasteiger charge is 2.03. The van der Waals surface area contributed by atoms with Crippen molar-refractivity contribution in [2.75, 3.05) is 45.2 Å². The molecule has 0 fully saturated rings. The lowest BCUT2D eigenvalue weighted by atomic mass is 10.3. The number of anilines is 1. The molecule has 20 heavy (non-hydrogen) atoms. The van der Waals surface area contributed by atoms with E-state index in [2.05, 4.69) is 29.4 Å². The van der Waals surface area contributed by atoms with Crippen LogP contribution in [0, 0.1) is 0 Å². The lowest BCUT2D eigenvalue weighted by Gasteiger charge is -2.17. The van der Waals surface area contributed by atoms with E-state index in [0.717, 1.165) is 37.6 Å². The van der Waals surface area contributed by atoms with Crippen LogP contribution in [-0.4, -0.2) is 50.6 Å². The summed E-state index contributed by atoms with van der Waals surface area (Å²) in [4.78, 5) is 14.0. The normalized spacial score (nSPS) is 10.6. The monoisotopic (exact) mass is 279 g/mol. The minimum absolute atomic E-state index is 0.0327. The molecule has 1 aromatic carbocycles. The summed E-state index contributed by atoms with van der Waals surface area (Å²) in [5.41, 5.74) is 0.779. The molecule has 0 atom stereocenters. The van der Waals surface area contributed by atoms with Crippen LogP contribution < -0.4 is 15.4 Å². The second-order valence-electron chi connectivity index (χ2n) is 4.48. The number of ether oxygens (including phenoxy) is 1. The number of carbonyl (C=O) groups is 1. The van der Waals surface area contributed by atoms with E-state index in [1.165, 1.54) is 0 Å². The number of carbonyl (C=O) groups excluding carboxylic acids is 1. The number of rotatable bonds is 9. The topological polar surface area (TPSA) is 53.6 Å². The van der Waals surface area contributed by atoms with E-state index in [-0.39, 0.29) is 5.91 Å². The van der Waals surface area contributed by atoms with Gasteiger partial charge in [-0.1, -0.05) is 13.8 Å². The molecule has 0 saturated heterocycles. The highest BCUT2D eigenvalue weighted by molar-refractivity contribution is 5.92. The van der Waals surface area contributed by atoms with Crippen molar-refractivity contribution >= 4 is 11.6 Å². The van der Waals surface area contributed by atoms with Gasteiger partial charge >= 0.3 is 0 Å². The van der Waals surface area contributed by atoms with Gasteiger partial charge in [0.15, 0.2) is 0 Å². The average Bonchev–Trinajstić information content (AvgIpc) is 2.48. The first-order chi connectivity index (χ1) is 9.69. The lowest BCUT2D eigenvalue weighted by molar-refractivity contribution is -0.115. The third kappa shape index (κ3) is 6.04. The van der Waals surface area contributed by atoms with Crippen LogP contribution in [0.2, 0.25) is 0 Å². The summed E-state index contributed by atoms with van der Waals surface area (Å²) >= 11 is 0. The van der Waals surface area contributed by atoms with Gasteiger partial charge in [0.25, 0.3) is 0 Å². The van der Waals surface area contributed by atoms with Crippen molar-refractivity contribution in [3.63, 3.8) is 0 Å². The fourth-order valence-electron chi connectivity index (χ4n) is 1.86. The Kier molecular flexibility index (Phi) is 7.69. The molecule has 0 bridgehead atoms. The number of nitrogens with zero attached hydrogens (tertiary/aromatic N) is 1. The van der Waals surface area contributed by atoms with Crippen LogP contribution >= 0.6 is 0 Å². The van der Waals surface area contributed by atoms with Crippen LogP contribution in [0.1, 0.15) is 13.8 Å². The van der Waals surface area contributed by atoms with Gasteiger partial charge in [0.05, 0.1) is 13.7 Å². The maximum Gasteiger partial charge on any atom is 0.238 e. The van der Waals surface area contributed by atoms with Crippen molar-refractivity contribution in [2.45, 2.75) is 13.8 Å². The standard InChI is InChI=1S/C15H25N3O2/c1-4-18(5-2)11-10-16-12-15(19)17-13-6-8-14(20-3)9-7-13/h6-9,16H,4-5,10-12H2,1-3H3,(H,17,19). The van der Waals surface area contributed by atoms with Crippen molar-refractivity contribution in [3.8, 4) is 5.75 Å². The molecule has 0 heterocycles. The Balaban J connectivity index is 2.22. The molecule has 0 aliphatic heterocycles. The van der Waals surface area contributed by atoms with Gasteiger partial charge in [-0.05, 0) is 37.4 Å². The molecule has 0 unspecified atom stereocenters. The summed E-state index contributed by atoms with van der Waals surface area (Å²) in [5.74, 6) is 0.745. The highest BCUT2D eigenvalue weighted by atomic mass is 16.5.